The zero-order chi connectivity index (χ0) is 18.7. The maximum atomic E-state index is 12.5. The Labute approximate surface area is 165 Å². The number of nitrogens with one attached hydrogen (secondary N) is 2. The molecule has 148 valence electrons. The van der Waals surface area contributed by atoms with Crippen molar-refractivity contribution in [3.63, 3.8) is 0 Å². The molecular formula is C19H26ClN3O4. The van der Waals surface area contributed by atoms with Gasteiger partial charge in [-0.05, 0) is 45.0 Å². The normalized spacial score (nSPS) is 18.1. The Bertz CT molecular complexity index is 726. The summed E-state index contributed by atoms with van der Waals surface area (Å²) >= 11 is 0. The Morgan fingerprint density at radius 1 is 1.22 bits per heavy atom. The van der Waals surface area contributed by atoms with Crippen molar-refractivity contribution in [2.24, 2.45) is 5.41 Å². The highest BCUT2D eigenvalue weighted by Gasteiger charge is 2.37. The molecule has 0 atom stereocenters. The SMILES string of the molecule is COCC1(CNC(=O)CN2C(=O)c3ccc(C)cc3C2=O)CCNCC1.Cl. The highest BCUT2D eigenvalue weighted by molar-refractivity contribution is 6.22. The van der Waals surface area contributed by atoms with E-state index >= 15 is 0 Å². The third kappa shape index (κ3) is 4.48. The van der Waals surface area contributed by atoms with Gasteiger partial charge in [0.15, 0.2) is 0 Å². The average molecular weight is 396 g/mol. The number of rotatable bonds is 6. The van der Waals surface area contributed by atoms with Crippen molar-refractivity contribution >= 4 is 30.1 Å². The molecule has 0 bridgehead atoms. The predicted octanol–water partition coefficient (Wildman–Crippen LogP) is 1.15. The summed E-state index contributed by atoms with van der Waals surface area (Å²) < 4.78 is 5.34. The number of benzene rings is 1. The number of methoxy groups -OCH3 is 1. The molecule has 1 aromatic rings. The first-order chi connectivity index (χ1) is 12.5. The molecule has 3 rings (SSSR count). The van der Waals surface area contributed by atoms with Crippen LogP contribution in [-0.4, -0.2) is 62.5 Å². The number of nitrogens with zero attached hydrogens (tertiary/aromatic N) is 1. The third-order valence-corrected chi connectivity index (χ3v) is 5.20. The van der Waals surface area contributed by atoms with E-state index in [-0.39, 0.29) is 30.3 Å². The molecule has 2 aliphatic rings. The van der Waals surface area contributed by atoms with E-state index in [1.807, 2.05) is 6.92 Å². The summed E-state index contributed by atoms with van der Waals surface area (Å²) in [5.41, 5.74) is 1.54. The molecule has 1 fully saturated rings. The molecular weight excluding hydrogens is 370 g/mol. The number of piperidine rings is 1. The van der Waals surface area contributed by atoms with Gasteiger partial charge in [-0.25, -0.2) is 0 Å². The third-order valence-electron chi connectivity index (χ3n) is 5.20. The minimum absolute atomic E-state index is 0. The number of amides is 3. The van der Waals surface area contributed by atoms with Crippen LogP contribution in [0.25, 0.3) is 0 Å². The molecule has 0 spiro atoms. The lowest BCUT2D eigenvalue weighted by atomic mass is 9.79. The largest absolute Gasteiger partial charge is 0.384 e. The van der Waals surface area contributed by atoms with Crippen LogP contribution >= 0.6 is 12.4 Å². The molecule has 3 amide bonds. The lowest BCUT2D eigenvalue weighted by molar-refractivity contribution is -0.122. The average Bonchev–Trinajstić information content (AvgIpc) is 2.86. The number of halogens is 1. The van der Waals surface area contributed by atoms with Crippen molar-refractivity contribution in [1.82, 2.24) is 15.5 Å². The van der Waals surface area contributed by atoms with Crippen LogP contribution in [0.5, 0.6) is 0 Å². The second kappa shape index (κ2) is 8.82. The maximum absolute atomic E-state index is 12.5. The van der Waals surface area contributed by atoms with Gasteiger partial charge >= 0.3 is 0 Å². The highest BCUT2D eigenvalue weighted by Crippen LogP contribution is 2.28. The van der Waals surface area contributed by atoms with Gasteiger partial charge in [-0.3, -0.25) is 19.3 Å². The molecule has 2 N–H and O–H groups in total. The van der Waals surface area contributed by atoms with E-state index in [2.05, 4.69) is 10.6 Å². The summed E-state index contributed by atoms with van der Waals surface area (Å²) in [6, 6.07) is 5.13. The Kier molecular flexibility index (Phi) is 6.97. The fourth-order valence-electron chi connectivity index (χ4n) is 3.67. The first-order valence-electron chi connectivity index (χ1n) is 8.89. The summed E-state index contributed by atoms with van der Waals surface area (Å²) in [4.78, 5) is 38.3. The number of ether oxygens (including phenoxy) is 1. The van der Waals surface area contributed by atoms with E-state index in [0.717, 1.165) is 36.4 Å². The van der Waals surface area contributed by atoms with Crippen LogP contribution in [0.4, 0.5) is 0 Å². The van der Waals surface area contributed by atoms with Gasteiger partial charge in [0.2, 0.25) is 5.91 Å². The van der Waals surface area contributed by atoms with Crippen molar-refractivity contribution in [3.05, 3.63) is 34.9 Å². The van der Waals surface area contributed by atoms with Crippen LogP contribution in [0.1, 0.15) is 39.1 Å². The Morgan fingerprint density at radius 2 is 1.89 bits per heavy atom. The number of imide groups is 1. The summed E-state index contributed by atoms with van der Waals surface area (Å²) in [7, 11) is 1.66. The second-order valence-electron chi connectivity index (χ2n) is 7.21. The van der Waals surface area contributed by atoms with E-state index in [4.69, 9.17) is 4.74 Å². The molecule has 0 saturated carbocycles. The lowest BCUT2D eigenvalue weighted by Crippen LogP contribution is -2.49. The zero-order valence-corrected chi connectivity index (χ0v) is 16.5. The molecule has 0 aromatic heterocycles. The van der Waals surface area contributed by atoms with Crippen LogP contribution in [0.3, 0.4) is 0 Å². The Hall–Kier alpha value is -1.96. The van der Waals surface area contributed by atoms with Crippen LogP contribution in [0, 0.1) is 12.3 Å². The van der Waals surface area contributed by atoms with Crippen molar-refractivity contribution < 1.29 is 19.1 Å². The first kappa shape index (κ1) is 21.3. The first-order valence-corrected chi connectivity index (χ1v) is 8.89. The number of fused-ring (bicyclic) bond motifs is 1. The number of aryl methyl sites for hydroxylation is 1. The lowest BCUT2D eigenvalue weighted by Gasteiger charge is -2.37. The van der Waals surface area contributed by atoms with Gasteiger partial charge in [-0.15, -0.1) is 12.4 Å². The van der Waals surface area contributed by atoms with Crippen molar-refractivity contribution in [2.45, 2.75) is 19.8 Å². The molecule has 2 heterocycles. The molecule has 1 saturated heterocycles. The molecule has 2 aliphatic heterocycles. The van der Waals surface area contributed by atoms with Crippen LogP contribution in [0.15, 0.2) is 18.2 Å². The van der Waals surface area contributed by atoms with E-state index < -0.39 is 11.8 Å². The zero-order valence-electron chi connectivity index (χ0n) is 15.7. The van der Waals surface area contributed by atoms with Gasteiger partial charge < -0.3 is 15.4 Å². The summed E-state index contributed by atoms with van der Waals surface area (Å²) in [5.74, 6) is -1.14. The van der Waals surface area contributed by atoms with E-state index in [1.165, 1.54) is 0 Å². The topological polar surface area (TPSA) is 87.7 Å². The standard InChI is InChI=1S/C19H25N3O4.ClH/c1-13-3-4-14-15(9-13)18(25)22(17(14)24)10-16(23)21-11-19(12-26-2)5-7-20-8-6-19;/h3-4,9,20H,5-8,10-12H2,1-2H3,(H,21,23);1H. The minimum Gasteiger partial charge on any atom is -0.384 e. The number of hydrogen-bond acceptors (Lipinski definition) is 5. The van der Waals surface area contributed by atoms with E-state index in [0.29, 0.717) is 24.3 Å². The Balaban J connectivity index is 0.00000261. The van der Waals surface area contributed by atoms with Gasteiger partial charge in [0.05, 0.1) is 17.7 Å². The van der Waals surface area contributed by atoms with Gasteiger partial charge in [0, 0.05) is 19.1 Å². The van der Waals surface area contributed by atoms with Crippen molar-refractivity contribution in [2.75, 3.05) is 39.9 Å². The smallest absolute Gasteiger partial charge is 0.262 e. The molecule has 7 nitrogen and oxygen atoms in total. The second-order valence-corrected chi connectivity index (χ2v) is 7.21. The monoisotopic (exact) mass is 395 g/mol. The molecule has 0 radical (unpaired) electrons. The molecule has 0 aliphatic carbocycles. The molecule has 0 unspecified atom stereocenters. The van der Waals surface area contributed by atoms with Crippen molar-refractivity contribution in [3.8, 4) is 0 Å². The molecule has 27 heavy (non-hydrogen) atoms. The van der Waals surface area contributed by atoms with Crippen LogP contribution < -0.4 is 10.6 Å². The molecule has 1 aromatic carbocycles. The van der Waals surface area contributed by atoms with E-state index in [9.17, 15) is 14.4 Å². The summed E-state index contributed by atoms with van der Waals surface area (Å²) in [6.07, 6.45) is 1.82. The Morgan fingerprint density at radius 3 is 2.56 bits per heavy atom. The number of hydrogen-bond donors (Lipinski definition) is 2. The quantitative estimate of drug-likeness (QED) is 0.705. The highest BCUT2D eigenvalue weighted by atomic mass is 35.5. The summed E-state index contributed by atoms with van der Waals surface area (Å²) in [5, 5.41) is 6.20. The number of carbonyl (C=O) groups excluding carboxylic acids is 3. The van der Waals surface area contributed by atoms with E-state index in [1.54, 1.807) is 25.3 Å². The van der Waals surface area contributed by atoms with Gasteiger partial charge in [-0.1, -0.05) is 11.6 Å². The maximum Gasteiger partial charge on any atom is 0.262 e. The summed E-state index contributed by atoms with van der Waals surface area (Å²) in [6.45, 7) is 4.42. The van der Waals surface area contributed by atoms with Crippen molar-refractivity contribution in [1.29, 1.82) is 0 Å². The fourth-order valence-corrected chi connectivity index (χ4v) is 3.67. The fraction of sp³-hybridized carbons (Fsp3) is 0.526. The van der Waals surface area contributed by atoms with Crippen LogP contribution in [-0.2, 0) is 9.53 Å². The van der Waals surface area contributed by atoms with Gasteiger partial charge in [-0.2, -0.15) is 0 Å². The van der Waals surface area contributed by atoms with Gasteiger partial charge in [0.25, 0.3) is 11.8 Å². The predicted molar refractivity (Wildman–Crippen MR) is 103 cm³/mol. The van der Waals surface area contributed by atoms with Crippen LogP contribution in [0.2, 0.25) is 0 Å². The minimum atomic E-state index is -0.409. The van der Waals surface area contributed by atoms with Gasteiger partial charge in [0.1, 0.15) is 6.54 Å². The number of carbonyl (C=O) groups is 3. The molecule has 8 heteroatoms.